The number of anilines is 1. The van der Waals surface area contributed by atoms with E-state index < -0.39 is 12.7 Å². The molecule has 194 valence electrons. The molecule has 1 saturated heterocycles. The van der Waals surface area contributed by atoms with Crippen molar-refractivity contribution in [1.82, 2.24) is 10.6 Å². The summed E-state index contributed by atoms with van der Waals surface area (Å²) in [5.74, 6) is 2.02. The highest BCUT2D eigenvalue weighted by atomic mass is 32.2. The zero-order valence-corrected chi connectivity index (χ0v) is 22.2. The lowest BCUT2D eigenvalue weighted by Gasteiger charge is -2.28. The summed E-state index contributed by atoms with van der Waals surface area (Å²) >= 11 is 1.91. The number of allylic oxidation sites excluding steroid dienone is 2. The Morgan fingerprint density at radius 1 is 1.17 bits per heavy atom. The van der Waals surface area contributed by atoms with Crippen molar-refractivity contribution in [2.45, 2.75) is 71.5 Å². The van der Waals surface area contributed by atoms with Gasteiger partial charge in [0.05, 0.1) is 0 Å². The highest BCUT2D eigenvalue weighted by Crippen LogP contribution is 2.37. The van der Waals surface area contributed by atoms with Crippen molar-refractivity contribution in [3.8, 4) is 0 Å². The van der Waals surface area contributed by atoms with Gasteiger partial charge in [-0.15, -0.1) is 0 Å². The molecule has 35 heavy (non-hydrogen) atoms. The maximum absolute atomic E-state index is 13.2. The van der Waals surface area contributed by atoms with Crippen LogP contribution >= 0.6 is 11.8 Å². The van der Waals surface area contributed by atoms with Crippen molar-refractivity contribution < 1.29 is 18.0 Å². The summed E-state index contributed by atoms with van der Waals surface area (Å²) < 4.78 is 38.7. The highest BCUT2D eigenvalue weighted by Gasteiger charge is 2.28. The second-order valence-corrected chi connectivity index (χ2v) is 11.7. The largest absolute Gasteiger partial charge is 0.405 e. The molecule has 1 aromatic carbocycles. The molecule has 1 aliphatic heterocycles. The predicted molar refractivity (Wildman–Crippen MR) is 141 cm³/mol. The van der Waals surface area contributed by atoms with Crippen LogP contribution in [0.1, 0.15) is 64.2 Å². The SMILES string of the molecule is CC1=CC(C(=O)NC[C@@H]2CSCCCN2)=C(C)CCc2c1cc(NCC(F)(F)F)cc2C(C)(C)C. The van der Waals surface area contributed by atoms with Crippen molar-refractivity contribution in [2.75, 3.05) is 36.5 Å². The number of hydrogen-bond donors (Lipinski definition) is 3. The summed E-state index contributed by atoms with van der Waals surface area (Å²) in [6, 6.07) is 3.90. The van der Waals surface area contributed by atoms with Gasteiger partial charge in [-0.3, -0.25) is 4.79 Å². The minimum atomic E-state index is -4.30. The van der Waals surface area contributed by atoms with Crippen LogP contribution in [-0.2, 0) is 16.6 Å². The van der Waals surface area contributed by atoms with E-state index in [1.165, 1.54) is 0 Å². The fourth-order valence-corrected chi connectivity index (χ4v) is 5.63. The fraction of sp³-hybridized carbons (Fsp3) is 0.593. The van der Waals surface area contributed by atoms with E-state index in [0.717, 1.165) is 65.1 Å². The Morgan fingerprint density at radius 2 is 1.91 bits per heavy atom. The monoisotopic (exact) mass is 509 g/mol. The van der Waals surface area contributed by atoms with E-state index in [4.69, 9.17) is 0 Å². The van der Waals surface area contributed by atoms with Gasteiger partial charge in [0.25, 0.3) is 5.91 Å². The molecule has 8 heteroatoms. The third kappa shape index (κ3) is 7.78. The van der Waals surface area contributed by atoms with Gasteiger partial charge in [-0.2, -0.15) is 24.9 Å². The van der Waals surface area contributed by atoms with Crippen LogP contribution in [0.15, 0.2) is 29.4 Å². The number of hydrogen-bond acceptors (Lipinski definition) is 4. The molecular formula is C27H38F3N3OS. The molecule has 1 heterocycles. The van der Waals surface area contributed by atoms with Gasteiger partial charge in [-0.25, -0.2) is 0 Å². The molecule has 1 aromatic rings. The maximum atomic E-state index is 13.2. The third-order valence-electron chi connectivity index (χ3n) is 6.52. The van der Waals surface area contributed by atoms with Gasteiger partial charge in [0, 0.05) is 29.6 Å². The molecule has 1 atom stereocenters. The number of rotatable bonds is 5. The number of fused-ring (bicyclic) bond motifs is 1. The van der Waals surface area contributed by atoms with Gasteiger partial charge in [0.15, 0.2) is 0 Å². The van der Waals surface area contributed by atoms with E-state index in [0.29, 0.717) is 17.8 Å². The van der Waals surface area contributed by atoms with Gasteiger partial charge in [0.2, 0.25) is 0 Å². The van der Waals surface area contributed by atoms with Crippen LogP contribution < -0.4 is 16.0 Å². The molecule has 0 aromatic heterocycles. The molecule has 1 aliphatic carbocycles. The van der Waals surface area contributed by atoms with E-state index in [9.17, 15) is 18.0 Å². The molecule has 4 nitrogen and oxygen atoms in total. The Morgan fingerprint density at radius 3 is 2.60 bits per heavy atom. The van der Waals surface area contributed by atoms with Crippen LogP contribution in [0, 0.1) is 0 Å². The summed E-state index contributed by atoms with van der Waals surface area (Å²) in [7, 11) is 0. The lowest BCUT2D eigenvalue weighted by atomic mass is 9.78. The number of thioether (sulfide) groups is 1. The smallest absolute Gasteiger partial charge is 0.376 e. The molecule has 2 aliphatic rings. The Balaban J connectivity index is 1.91. The normalized spacial score (nSPS) is 19.8. The van der Waals surface area contributed by atoms with Crippen molar-refractivity contribution in [1.29, 1.82) is 0 Å². The number of benzene rings is 1. The first-order valence-electron chi connectivity index (χ1n) is 12.3. The van der Waals surface area contributed by atoms with Crippen LogP contribution in [0.2, 0.25) is 0 Å². The Labute approximate surface area is 211 Å². The third-order valence-corrected chi connectivity index (χ3v) is 7.73. The minimum absolute atomic E-state index is 0.0938. The van der Waals surface area contributed by atoms with E-state index >= 15 is 0 Å². The van der Waals surface area contributed by atoms with Crippen molar-refractivity contribution in [3.05, 3.63) is 46.0 Å². The lowest BCUT2D eigenvalue weighted by Crippen LogP contribution is -2.42. The Kier molecular flexibility index (Phi) is 9.02. The van der Waals surface area contributed by atoms with Crippen LogP contribution in [0.25, 0.3) is 5.57 Å². The average molecular weight is 510 g/mol. The number of halogens is 3. The van der Waals surface area contributed by atoms with Crippen LogP contribution in [0.4, 0.5) is 18.9 Å². The van der Waals surface area contributed by atoms with Crippen molar-refractivity contribution in [2.24, 2.45) is 0 Å². The van der Waals surface area contributed by atoms with Crippen molar-refractivity contribution in [3.63, 3.8) is 0 Å². The molecule has 0 radical (unpaired) electrons. The van der Waals surface area contributed by atoms with Crippen LogP contribution in [0.3, 0.4) is 0 Å². The van der Waals surface area contributed by atoms with Crippen LogP contribution in [0.5, 0.6) is 0 Å². The van der Waals surface area contributed by atoms with Gasteiger partial charge in [-0.05, 0) is 91.3 Å². The quantitative estimate of drug-likeness (QED) is 0.467. The topological polar surface area (TPSA) is 53.2 Å². The summed E-state index contributed by atoms with van der Waals surface area (Å²) in [6.45, 7) is 10.6. The molecule has 0 spiro atoms. The molecule has 0 bridgehead atoms. The number of carbonyl (C=O) groups excluding carboxylic acids is 1. The summed E-state index contributed by atoms with van der Waals surface area (Å²) in [6.07, 6.45) is 0.188. The minimum Gasteiger partial charge on any atom is -0.376 e. The van der Waals surface area contributed by atoms with Gasteiger partial charge in [0.1, 0.15) is 6.54 Å². The molecule has 3 rings (SSSR count). The average Bonchev–Trinajstić information content (AvgIpc) is 3.04. The molecule has 3 N–H and O–H groups in total. The molecule has 1 fully saturated rings. The van der Waals surface area contributed by atoms with E-state index in [1.54, 1.807) is 6.07 Å². The number of nitrogens with one attached hydrogen (secondary N) is 3. The number of carbonyl (C=O) groups is 1. The molecule has 0 unspecified atom stereocenters. The van der Waals surface area contributed by atoms with E-state index in [1.807, 2.05) is 37.8 Å². The van der Waals surface area contributed by atoms with Gasteiger partial charge in [-0.1, -0.05) is 26.3 Å². The van der Waals surface area contributed by atoms with Gasteiger partial charge < -0.3 is 16.0 Å². The highest BCUT2D eigenvalue weighted by molar-refractivity contribution is 7.99. The number of amides is 1. The molecular weight excluding hydrogens is 471 g/mol. The lowest BCUT2D eigenvalue weighted by molar-refractivity contribution is -0.117. The summed E-state index contributed by atoms with van der Waals surface area (Å²) in [5.41, 5.74) is 5.85. The molecule has 1 amide bonds. The number of alkyl halides is 3. The standard InChI is InChI=1S/C27H38F3N3OS/c1-17-7-8-21-22(12-19(33-16-27(28,29)30)13-24(21)26(3,4)5)18(2)11-23(17)25(34)32-14-20-15-35-10-6-9-31-20/h11-13,20,31,33H,6-10,14-16H2,1-5H3,(H,32,34)/t20-/m1/s1. The molecule has 0 saturated carbocycles. The Hall–Kier alpha value is -1.93. The zero-order chi connectivity index (χ0) is 25.8. The van der Waals surface area contributed by atoms with E-state index in [2.05, 4.69) is 36.7 Å². The maximum Gasteiger partial charge on any atom is 0.405 e. The fourth-order valence-electron chi connectivity index (χ4n) is 4.60. The van der Waals surface area contributed by atoms with Crippen molar-refractivity contribution >= 4 is 28.9 Å². The summed E-state index contributed by atoms with van der Waals surface area (Å²) in [4.78, 5) is 13.2. The summed E-state index contributed by atoms with van der Waals surface area (Å²) in [5, 5.41) is 9.15. The Bertz CT molecular complexity index is 985. The second-order valence-electron chi connectivity index (χ2n) is 10.6. The predicted octanol–water partition coefficient (Wildman–Crippen LogP) is 5.84. The first-order chi connectivity index (χ1) is 16.3. The zero-order valence-electron chi connectivity index (χ0n) is 21.4. The first-order valence-corrected chi connectivity index (χ1v) is 13.5. The van der Waals surface area contributed by atoms with Crippen LogP contribution in [-0.4, -0.2) is 49.3 Å². The second kappa shape index (κ2) is 11.4. The first kappa shape index (κ1) is 27.7. The van der Waals surface area contributed by atoms with E-state index in [-0.39, 0.29) is 17.4 Å². The van der Waals surface area contributed by atoms with Gasteiger partial charge >= 0.3 is 6.18 Å².